The first-order chi connectivity index (χ1) is 11.8. The van der Waals surface area contributed by atoms with Gasteiger partial charge in [-0.15, -0.1) is 0 Å². The highest BCUT2D eigenvalue weighted by atomic mass is 35.5. The van der Waals surface area contributed by atoms with Crippen molar-refractivity contribution in [3.8, 4) is 11.5 Å². The standard InChI is InChI=1S/C16H13Cl3N2O3S/c1-2-24-13-4-3-8(5-10(13)18)15(23)21-16(25)20-12-7-9(17)6-11(19)14(12)22/h3-7,22H,2H2,1H3,(H2,20,21,23,25). The molecule has 0 unspecified atom stereocenters. The van der Waals surface area contributed by atoms with E-state index in [1.165, 1.54) is 18.2 Å². The first-order valence-corrected chi connectivity index (χ1v) is 8.58. The monoisotopic (exact) mass is 418 g/mol. The molecule has 0 saturated heterocycles. The quantitative estimate of drug-likeness (QED) is 0.487. The van der Waals surface area contributed by atoms with Gasteiger partial charge in [0, 0.05) is 10.6 Å². The van der Waals surface area contributed by atoms with E-state index in [4.69, 9.17) is 51.8 Å². The molecule has 0 saturated carbocycles. The third-order valence-corrected chi connectivity index (χ3v) is 4.00. The highest BCUT2D eigenvalue weighted by Crippen LogP contribution is 2.35. The molecule has 0 bridgehead atoms. The minimum absolute atomic E-state index is 0.0383. The number of aromatic hydroxyl groups is 1. The third-order valence-electron chi connectivity index (χ3n) is 3.00. The Balaban J connectivity index is 2.08. The Kier molecular flexibility index (Phi) is 6.72. The fourth-order valence-electron chi connectivity index (χ4n) is 1.90. The SMILES string of the molecule is CCOc1ccc(C(=O)NC(=S)Nc2cc(Cl)cc(Cl)c2O)cc1Cl. The molecule has 5 nitrogen and oxygen atoms in total. The summed E-state index contributed by atoms with van der Waals surface area (Å²) in [6.07, 6.45) is 0. The van der Waals surface area contributed by atoms with E-state index in [2.05, 4.69) is 10.6 Å². The van der Waals surface area contributed by atoms with Gasteiger partial charge in [0.05, 0.1) is 22.3 Å². The van der Waals surface area contributed by atoms with Crippen molar-refractivity contribution in [2.45, 2.75) is 6.92 Å². The molecule has 0 aliphatic heterocycles. The lowest BCUT2D eigenvalue weighted by atomic mass is 10.2. The number of amides is 1. The maximum absolute atomic E-state index is 12.2. The molecular formula is C16H13Cl3N2O3S. The molecule has 1 amide bonds. The summed E-state index contributed by atoms with van der Waals surface area (Å²) in [4.78, 5) is 12.2. The number of halogens is 3. The predicted molar refractivity (Wildman–Crippen MR) is 104 cm³/mol. The van der Waals surface area contributed by atoms with E-state index in [0.29, 0.717) is 28.0 Å². The second-order valence-electron chi connectivity index (χ2n) is 4.77. The van der Waals surface area contributed by atoms with E-state index in [1.807, 2.05) is 6.92 Å². The van der Waals surface area contributed by atoms with Gasteiger partial charge in [-0.2, -0.15) is 0 Å². The molecule has 0 aliphatic carbocycles. The Labute approximate surface area is 164 Å². The first-order valence-electron chi connectivity index (χ1n) is 7.04. The lowest BCUT2D eigenvalue weighted by molar-refractivity contribution is 0.0977. The minimum Gasteiger partial charge on any atom is -0.504 e. The molecule has 3 N–H and O–H groups in total. The summed E-state index contributed by atoms with van der Waals surface area (Å²) < 4.78 is 5.31. The molecule has 2 rings (SSSR count). The van der Waals surface area contributed by atoms with Crippen LogP contribution in [0.2, 0.25) is 15.1 Å². The van der Waals surface area contributed by atoms with Crippen LogP contribution in [0.4, 0.5) is 5.69 Å². The molecule has 9 heteroatoms. The van der Waals surface area contributed by atoms with Crippen molar-refractivity contribution in [3.63, 3.8) is 0 Å². The number of benzene rings is 2. The maximum atomic E-state index is 12.2. The average Bonchev–Trinajstić information content (AvgIpc) is 2.54. The van der Waals surface area contributed by atoms with Crippen LogP contribution in [0.1, 0.15) is 17.3 Å². The van der Waals surface area contributed by atoms with Crippen LogP contribution in [0, 0.1) is 0 Å². The normalized spacial score (nSPS) is 10.2. The second kappa shape index (κ2) is 8.58. The molecule has 132 valence electrons. The number of nitrogens with one attached hydrogen (secondary N) is 2. The second-order valence-corrected chi connectivity index (χ2v) is 6.43. The van der Waals surface area contributed by atoms with Crippen LogP contribution in [0.15, 0.2) is 30.3 Å². The van der Waals surface area contributed by atoms with E-state index in [0.717, 1.165) is 0 Å². The van der Waals surface area contributed by atoms with Crippen molar-refractivity contribution in [1.29, 1.82) is 0 Å². The highest BCUT2D eigenvalue weighted by Gasteiger charge is 2.13. The topological polar surface area (TPSA) is 70.6 Å². The van der Waals surface area contributed by atoms with Crippen LogP contribution in [0.25, 0.3) is 0 Å². The summed E-state index contributed by atoms with van der Waals surface area (Å²) in [5, 5.41) is 15.7. The summed E-state index contributed by atoms with van der Waals surface area (Å²) >= 11 is 22.8. The number of ether oxygens (including phenoxy) is 1. The molecule has 0 heterocycles. The van der Waals surface area contributed by atoms with E-state index >= 15 is 0 Å². The fourth-order valence-corrected chi connectivity index (χ4v) is 2.84. The first kappa shape index (κ1) is 19.6. The molecule has 25 heavy (non-hydrogen) atoms. The molecule has 0 spiro atoms. The Bertz CT molecular complexity index is 831. The summed E-state index contributed by atoms with van der Waals surface area (Å²) in [6, 6.07) is 7.43. The van der Waals surface area contributed by atoms with Crippen molar-refractivity contribution in [2.24, 2.45) is 0 Å². The third kappa shape index (κ3) is 5.12. The number of anilines is 1. The molecule has 2 aromatic carbocycles. The largest absolute Gasteiger partial charge is 0.504 e. The summed E-state index contributed by atoms with van der Waals surface area (Å²) in [6.45, 7) is 2.30. The molecule has 0 radical (unpaired) electrons. The number of rotatable bonds is 4. The van der Waals surface area contributed by atoms with Crippen LogP contribution in [0.3, 0.4) is 0 Å². The lowest BCUT2D eigenvalue weighted by Gasteiger charge is -2.12. The van der Waals surface area contributed by atoms with Crippen LogP contribution in [-0.4, -0.2) is 22.7 Å². The van der Waals surface area contributed by atoms with Gasteiger partial charge in [-0.05, 0) is 49.5 Å². The molecular weight excluding hydrogens is 407 g/mol. The number of hydrogen-bond donors (Lipinski definition) is 3. The zero-order chi connectivity index (χ0) is 18.6. The maximum Gasteiger partial charge on any atom is 0.257 e. The van der Waals surface area contributed by atoms with Gasteiger partial charge in [-0.3, -0.25) is 10.1 Å². The van der Waals surface area contributed by atoms with Crippen LogP contribution < -0.4 is 15.4 Å². The molecule has 0 fully saturated rings. The van der Waals surface area contributed by atoms with Gasteiger partial charge in [0.25, 0.3) is 5.91 Å². The van der Waals surface area contributed by atoms with Gasteiger partial charge < -0.3 is 15.2 Å². The molecule has 0 aromatic heterocycles. The summed E-state index contributed by atoms with van der Waals surface area (Å²) in [7, 11) is 0. The van der Waals surface area contributed by atoms with Gasteiger partial charge in [-0.25, -0.2) is 0 Å². The van der Waals surface area contributed by atoms with Crippen LogP contribution in [-0.2, 0) is 0 Å². The molecule has 0 atom stereocenters. The lowest BCUT2D eigenvalue weighted by Crippen LogP contribution is -2.34. The number of hydrogen-bond acceptors (Lipinski definition) is 4. The van der Waals surface area contributed by atoms with Gasteiger partial charge in [-0.1, -0.05) is 34.8 Å². The Hall–Kier alpha value is -1.73. The Morgan fingerprint density at radius 1 is 1.20 bits per heavy atom. The Morgan fingerprint density at radius 3 is 2.56 bits per heavy atom. The number of carbonyl (C=O) groups is 1. The zero-order valence-electron chi connectivity index (χ0n) is 12.9. The summed E-state index contributed by atoms with van der Waals surface area (Å²) in [5.74, 6) is -0.221. The Morgan fingerprint density at radius 2 is 1.92 bits per heavy atom. The van der Waals surface area contributed by atoms with Gasteiger partial charge >= 0.3 is 0 Å². The number of phenolic OH excluding ortho intramolecular Hbond substituents is 1. The number of carbonyl (C=O) groups excluding carboxylic acids is 1. The highest BCUT2D eigenvalue weighted by molar-refractivity contribution is 7.80. The number of phenols is 1. The van der Waals surface area contributed by atoms with Gasteiger partial charge in [0.2, 0.25) is 0 Å². The van der Waals surface area contributed by atoms with E-state index in [-0.39, 0.29) is 21.6 Å². The minimum atomic E-state index is -0.477. The van der Waals surface area contributed by atoms with Crippen molar-refractivity contribution < 1.29 is 14.6 Å². The van der Waals surface area contributed by atoms with Gasteiger partial charge in [0.15, 0.2) is 10.9 Å². The molecule has 2 aromatic rings. The van der Waals surface area contributed by atoms with Crippen molar-refractivity contribution in [2.75, 3.05) is 11.9 Å². The van der Waals surface area contributed by atoms with E-state index in [1.54, 1.807) is 12.1 Å². The summed E-state index contributed by atoms with van der Waals surface area (Å²) in [5.41, 5.74) is 0.471. The zero-order valence-corrected chi connectivity index (χ0v) is 16.0. The van der Waals surface area contributed by atoms with E-state index < -0.39 is 5.91 Å². The van der Waals surface area contributed by atoms with Crippen molar-refractivity contribution in [1.82, 2.24) is 5.32 Å². The van der Waals surface area contributed by atoms with Crippen LogP contribution in [0.5, 0.6) is 11.5 Å². The fraction of sp³-hybridized carbons (Fsp3) is 0.125. The van der Waals surface area contributed by atoms with Gasteiger partial charge in [0.1, 0.15) is 5.75 Å². The van der Waals surface area contributed by atoms with Crippen molar-refractivity contribution >= 4 is 63.7 Å². The molecule has 0 aliphatic rings. The smallest absolute Gasteiger partial charge is 0.257 e. The van der Waals surface area contributed by atoms with E-state index in [9.17, 15) is 9.90 Å². The number of thiocarbonyl (C=S) groups is 1. The van der Waals surface area contributed by atoms with Crippen molar-refractivity contribution in [3.05, 3.63) is 51.0 Å². The van der Waals surface area contributed by atoms with Crippen LogP contribution >= 0.6 is 47.0 Å². The average molecular weight is 420 g/mol. The predicted octanol–water partition coefficient (Wildman–Crippen LogP) is 4.88.